The molecule has 2 aromatic rings. The smallest absolute Gasteiger partial charge is 0.199 e. The Morgan fingerprint density at radius 3 is 2.80 bits per heavy atom. The van der Waals surface area contributed by atoms with Gasteiger partial charge < -0.3 is 9.64 Å². The summed E-state index contributed by atoms with van der Waals surface area (Å²) in [5, 5.41) is 0.400. The summed E-state index contributed by atoms with van der Waals surface area (Å²) in [5.74, 6) is 0.607. The highest BCUT2D eigenvalue weighted by atomic mass is 35.5. The largest absolute Gasteiger partial charge is 0.489 e. The molecule has 0 saturated heterocycles. The third kappa shape index (κ3) is 4.17. The van der Waals surface area contributed by atoms with E-state index in [1.165, 1.54) is 0 Å². The molecule has 3 unspecified atom stereocenters. The van der Waals surface area contributed by atoms with Crippen LogP contribution in [0.5, 0.6) is 0 Å². The van der Waals surface area contributed by atoms with E-state index in [2.05, 4.69) is 18.7 Å². The molecule has 2 aliphatic heterocycles. The Morgan fingerprint density at radius 2 is 2.06 bits per heavy atom. The first-order chi connectivity index (χ1) is 17.0. The van der Waals surface area contributed by atoms with Gasteiger partial charge in [0, 0.05) is 18.2 Å². The number of ether oxygens (including phenoxy) is 1. The van der Waals surface area contributed by atoms with Gasteiger partial charge in [-0.05, 0) is 60.2 Å². The number of halogens is 2. The van der Waals surface area contributed by atoms with Crippen LogP contribution in [0.3, 0.4) is 0 Å². The van der Waals surface area contributed by atoms with E-state index < -0.39 is 0 Å². The van der Waals surface area contributed by atoms with Crippen molar-refractivity contribution in [3.05, 3.63) is 114 Å². The predicted molar refractivity (Wildman–Crippen MR) is 142 cm³/mol. The fourth-order valence-electron chi connectivity index (χ4n) is 5.07. The van der Waals surface area contributed by atoms with Crippen molar-refractivity contribution in [2.24, 2.45) is 10.9 Å². The Morgan fingerprint density at radius 1 is 1.26 bits per heavy atom. The number of amidine groups is 1. The van der Waals surface area contributed by atoms with Gasteiger partial charge in [0.2, 0.25) is 0 Å². The molecule has 178 valence electrons. The molecule has 2 heterocycles. The molecule has 2 aromatic carbocycles. The molecule has 0 N–H and O–H groups in total. The predicted octanol–water partition coefficient (Wildman–Crippen LogP) is 7.80. The summed E-state index contributed by atoms with van der Waals surface area (Å²) in [6, 6.07) is 13.1. The zero-order valence-electron chi connectivity index (χ0n) is 19.9. The fourth-order valence-corrected chi connectivity index (χ4v) is 5.26. The minimum atomic E-state index is -0.316. The minimum absolute atomic E-state index is 0.0547. The summed E-state index contributed by atoms with van der Waals surface area (Å²) >= 11 is 6.65. The van der Waals surface area contributed by atoms with Crippen LogP contribution < -0.4 is 0 Å². The highest BCUT2D eigenvalue weighted by Gasteiger charge is 2.44. The van der Waals surface area contributed by atoms with Gasteiger partial charge in [0.1, 0.15) is 23.7 Å². The van der Waals surface area contributed by atoms with Crippen molar-refractivity contribution in [2.75, 3.05) is 7.05 Å². The van der Waals surface area contributed by atoms with Crippen molar-refractivity contribution in [1.29, 1.82) is 0 Å². The second kappa shape index (κ2) is 9.71. The second-order valence-corrected chi connectivity index (χ2v) is 9.32. The van der Waals surface area contributed by atoms with E-state index in [-0.39, 0.29) is 23.9 Å². The van der Waals surface area contributed by atoms with Crippen LogP contribution in [-0.4, -0.2) is 23.3 Å². The van der Waals surface area contributed by atoms with E-state index >= 15 is 4.39 Å². The Balaban J connectivity index is 1.72. The maximum Gasteiger partial charge on any atom is 0.199 e. The number of allylic oxidation sites excluding steroid dienone is 6. The van der Waals surface area contributed by atoms with E-state index in [1.807, 2.05) is 79.6 Å². The van der Waals surface area contributed by atoms with Crippen LogP contribution in [0.1, 0.15) is 36.9 Å². The van der Waals surface area contributed by atoms with E-state index in [1.54, 1.807) is 6.08 Å². The SMILES string of the molecule is C=C/C(=C\C=C/C)c1cc(C2C3=C(N=C(Cl)N2C)C2C=CCCC2O3)cc(-c2ccccc2)c1F. The summed E-state index contributed by atoms with van der Waals surface area (Å²) in [4.78, 5) is 6.60. The van der Waals surface area contributed by atoms with Crippen LogP contribution in [0.4, 0.5) is 4.39 Å². The summed E-state index contributed by atoms with van der Waals surface area (Å²) in [5.41, 5.74) is 4.28. The standard InChI is InChI=1S/C30H28ClFN2O/c1-4-6-12-19(5-2)23-17-21(18-24(26(23)32)20-13-8-7-9-14-20)28-29-27(33-30(31)34(28)3)22-15-10-11-16-25(22)35-29/h4-10,12-15,17-18,22,25,28H,2,11,16H2,1,3H3/b6-4-,19-12+. The molecule has 0 radical (unpaired) electrons. The third-order valence-electron chi connectivity index (χ3n) is 6.84. The minimum Gasteiger partial charge on any atom is -0.489 e. The van der Waals surface area contributed by atoms with Crippen LogP contribution in [0.25, 0.3) is 16.7 Å². The second-order valence-electron chi connectivity index (χ2n) is 8.98. The molecule has 0 amide bonds. The van der Waals surface area contributed by atoms with Gasteiger partial charge >= 0.3 is 0 Å². The highest BCUT2D eigenvalue weighted by molar-refractivity contribution is 6.64. The number of aliphatic imine (C=N–C) groups is 1. The maximum absolute atomic E-state index is 16.0. The zero-order chi connectivity index (χ0) is 24.5. The van der Waals surface area contributed by atoms with E-state index in [9.17, 15) is 0 Å². The first kappa shape index (κ1) is 23.4. The van der Waals surface area contributed by atoms with Crippen LogP contribution in [0.15, 0.2) is 102 Å². The average molecular weight is 487 g/mol. The summed E-state index contributed by atoms with van der Waals surface area (Å²) < 4.78 is 22.5. The van der Waals surface area contributed by atoms with Crippen molar-refractivity contribution in [3.63, 3.8) is 0 Å². The molecule has 35 heavy (non-hydrogen) atoms. The lowest BCUT2D eigenvalue weighted by atomic mass is 9.88. The molecular formula is C30H28ClFN2O. The Bertz CT molecular complexity index is 1310. The van der Waals surface area contributed by atoms with Crippen LogP contribution >= 0.6 is 11.6 Å². The zero-order valence-corrected chi connectivity index (χ0v) is 20.7. The topological polar surface area (TPSA) is 24.8 Å². The van der Waals surface area contributed by atoms with Gasteiger partial charge in [-0.1, -0.05) is 73.4 Å². The van der Waals surface area contributed by atoms with Gasteiger partial charge in [0.15, 0.2) is 5.29 Å². The molecule has 5 heteroatoms. The summed E-state index contributed by atoms with van der Waals surface area (Å²) in [6.45, 7) is 5.87. The molecule has 0 bridgehead atoms. The van der Waals surface area contributed by atoms with E-state index in [0.29, 0.717) is 22.0 Å². The van der Waals surface area contributed by atoms with Gasteiger partial charge in [-0.25, -0.2) is 9.38 Å². The molecule has 1 aliphatic carbocycles. The fraction of sp³-hybridized carbons (Fsp3) is 0.233. The lowest BCUT2D eigenvalue weighted by molar-refractivity contribution is 0.0905. The van der Waals surface area contributed by atoms with Crippen molar-refractivity contribution in [3.8, 4) is 11.1 Å². The van der Waals surface area contributed by atoms with E-state index in [0.717, 1.165) is 35.4 Å². The molecular weight excluding hydrogens is 459 g/mol. The summed E-state index contributed by atoms with van der Waals surface area (Å²) in [6.07, 6.45) is 13.7. The molecule has 3 nitrogen and oxygen atoms in total. The summed E-state index contributed by atoms with van der Waals surface area (Å²) in [7, 11) is 1.90. The molecule has 3 atom stereocenters. The number of benzene rings is 2. The number of hydrogen-bond acceptors (Lipinski definition) is 3. The number of rotatable bonds is 5. The first-order valence-corrected chi connectivity index (χ1v) is 12.3. The first-order valence-electron chi connectivity index (χ1n) is 11.9. The van der Waals surface area contributed by atoms with Crippen molar-refractivity contribution >= 4 is 22.5 Å². The quantitative estimate of drug-likeness (QED) is 0.245. The van der Waals surface area contributed by atoms with Crippen LogP contribution in [0, 0.1) is 11.7 Å². The normalized spacial score (nSPS) is 23.8. The Kier molecular flexibility index (Phi) is 6.48. The van der Waals surface area contributed by atoms with Crippen LogP contribution in [-0.2, 0) is 4.74 Å². The number of likely N-dealkylation sites (N-methyl/N-ethyl adjacent to an activating group) is 1. The van der Waals surface area contributed by atoms with Gasteiger partial charge in [0.05, 0.1) is 11.6 Å². The van der Waals surface area contributed by atoms with Crippen molar-refractivity contribution in [2.45, 2.75) is 31.9 Å². The monoisotopic (exact) mass is 486 g/mol. The molecule has 0 saturated carbocycles. The van der Waals surface area contributed by atoms with Gasteiger partial charge in [-0.15, -0.1) is 0 Å². The number of fused-ring (bicyclic) bond motifs is 2. The maximum atomic E-state index is 16.0. The number of hydrogen-bond donors (Lipinski definition) is 0. The highest BCUT2D eigenvalue weighted by Crippen LogP contribution is 2.48. The lowest BCUT2D eigenvalue weighted by Crippen LogP contribution is -2.33. The van der Waals surface area contributed by atoms with Crippen LogP contribution in [0.2, 0.25) is 0 Å². The van der Waals surface area contributed by atoms with Gasteiger partial charge in [-0.3, -0.25) is 0 Å². The van der Waals surface area contributed by atoms with Crippen molar-refractivity contribution in [1.82, 2.24) is 4.90 Å². The average Bonchev–Trinajstić information content (AvgIpc) is 3.24. The Labute approximate surface area is 211 Å². The Hall–Kier alpha value is -3.37. The molecule has 0 spiro atoms. The molecule has 5 rings (SSSR count). The number of nitrogens with zero attached hydrogens (tertiary/aromatic N) is 2. The van der Waals surface area contributed by atoms with E-state index in [4.69, 9.17) is 21.3 Å². The van der Waals surface area contributed by atoms with Gasteiger partial charge in [-0.2, -0.15) is 0 Å². The molecule has 0 fully saturated rings. The van der Waals surface area contributed by atoms with Gasteiger partial charge in [0.25, 0.3) is 0 Å². The third-order valence-corrected chi connectivity index (χ3v) is 7.19. The lowest BCUT2D eigenvalue weighted by Gasteiger charge is -2.33. The molecule has 3 aliphatic rings. The molecule has 0 aromatic heterocycles. The van der Waals surface area contributed by atoms with Crippen molar-refractivity contribution < 1.29 is 9.13 Å².